The van der Waals surface area contributed by atoms with Gasteiger partial charge in [-0.1, -0.05) is 48.6 Å². The Morgan fingerprint density at radius 2 is 2.09 bits per heavy atom. The van der Waals surface area contributed by atoms with E-state index in [1.165, 1.54) is 0 Å². The fourth-order valence-electron chi connectivity index (χ4n) is 3.57. The van der Waals surface area contributed by atoms with Gasteiger partial charge in [-0.3, -0.25) is 10.2 Å². The number of nitrogens with one attached hydrogen (secondary N) is 4. The van der Waals surface area contributed by atoms with E-state index in [-0.39, 0.29) is 29.1 Å². The van der Waals surface area contributed by atoms with Gasteiger partial charge in [0.05, 0.1) is 17.4 Å². The minimum Gasteiger partial charge on any atom is -0.404 e. The lowest BCUT2D eigenvalue weighted by molar-refractivity contribution is -0.115. The highest BCUT2D eigenvalue weighted by molar-refractivity contribution is 6.32. The lowest BCUT2D eigenvalue weighted by atomic mass is 9.91. The van der Waals surface area contributed by atoms with E-state index in [1.807, 2.05) is 48.7 Å². The first-order valence-electron chi connectivity index (χ1n) is 10.5. The van der Waals surface area contributed by atoms with Crippen LogP contribution in [0.25, 0.3) is 0 Å². The molecule has 0 amide bonds. The molecule has 7 nitrogen and oxygen atoms in total. The molecule has 1 aromatic carbocycles. The first kappa shape index (κ1) is 23.0. The summed E-state index contributed by atoms with van der Waals surface area (Å²) >= 11 is 0. The Morgan fingerprint density at radius 3 is 2.75 bits per heavy atom. The van der Waals surface area contributed by atoms with Crippen molar-refractivity contribution in [3.8, 4) is 0 Å². The number of rotatable bonds is 10. The Hall–Kier alpha value is -3.71. The molecule has 0 bridgehead atoms. The summed E-state index contributed by atoms with van der Waals surface area (Å²) < 4.78 is 5.41. The Balaban J connectivity index is 1.86. The first-order chi connectivity index (χ1) is 15.5. The molecule has 0 aromatic heterocycles. The Morgan fingerprint density at radius 1 is 1.31 bits per heavy atom. The average molecular weight is 432 g/mol. The van der Waals surface area contributed by atoms with E-state index in [0.29, 0.717) is 17.7 Å². The summed E-state index contributed by atoms with van der Waals surface area (Å²) in [5.74, 6) is -0.421. The summed E-state index contributed by atoms with van der Waals surface area (Å²) in [6.07, 6.45) is 15.4. The quantitative estimate of drug-likeness (QED) is 0.288. The van der Waals surface area contributed by atoms with Gasteiger partial charge in [-0.05, 0) is 30.8 Å². The molecule has 2 aliphatic rings. The van der Waals surface area contributed by atoms with Crippen molar-refractivity contribution in [1.29, 1.82) is 10.8 Å². The zero-order valence-electron chi connectivity index (χ0n) is 18.0. The zero-order chi connectivity index (χ0) is 22.9. The molecule has 3 atom stereocenters. The summed E-state index contributed by atoms with van der Waals surface area (Å²) in [6, 6.07) is 7.90. The van der Waals surface area contributed by atoms with E-state index in [2.05, 4.69) is 10.6 Å². The monoisotopic (exact) mass is 431 g/mol. The van der Waals surface area contributed by atoms with E-state index in [1.54, 1.807) is 31.4 Å². The third-order valence-corrected chi connectivity index (χ3v) is 5.32. The molecule has 1 heterocycles. The zero-order valence-corrected chi connectivity index (χ0v) is 18.0. The number of Topliss-reactive ketones (excluding diaryl/α,β-unsaturated/α-hetero) is 1. The number of benzene rings is 1. The Labute approximate surface area is 188 Å². The third-order valence-electron chi connectivity index (χ3n) is 5.32. The van der Waals surface area contributed by atoms with Crippen molar-refractivity contribution in [1.82, 2.24) is 10.6 Å². The fourth-order valence-corrected chi connectivity index (χ4v) is 3.57. The van der Waals surface area contributed by atoms with Crippen LogP contribution in [-0.4, -0.2) is 42.5 Å². The number of hydrogen-bond donors (Lipinski definition) is 5. The van der Waals surface area contributed by atoms with Crippen LogP contribution in [0.15, 0.2) is 90.5 Å². The van der Waals surface area contributed by atoms with Crippen molar-refractivity contribution in [3.63, 3.8) is 0 Å². The van der Waals surface area contributed by atoms with E-state index in [4.69, 9.17) is 21.3 Å². The summed E-state index contributed by atoms with van der Waals surface area (Å²) in [7, 11) is 1.63. The SMILES string of the molecule is COC1C=C(NC(C(=N)CC2C=CC=CN2)C(=O)/C(=C/N)C(=N)c2ccccc2)C=CC1. The summed E-state index contributed by atoms with van der Waals surface area (Å²) in [4.78, 5) is 13.6. The summed E-state index contributed by atoms with van der Waals surface area (Å²) in [5, 5.41) is 23.6. The van der Waals surface area contributed by atoms with Gasteiger partial charge in [0.1, 0.15) is 6.04 Å². The average Bonchev–Trinajstić information content (AvgIpc) is 2.84. The number of carbonyl (C=O) groups excluding carboxylic acids is 1. The van der Waals surface area contributed by atoms with Crippen molar-refractivity contribution in [2.24, 2.45) is 5.73 Å². The predicted molar refractivity (Wildman–Crippen MR) is 128 cm³/mol. The molecular weight excluding hydrogens is 402 g/mol. The van der Waals surface area contributed by atoms with Crippen molar-refractivity contribution in [3.05, 3.63) is 96.0 Å². The molecule has 0 fully saturated rings. The minimum atomic E-state index is -0.971. The van der Waals surface area contributed by atoms with Gasteiger partial charge in [0.25, 0.3) is 0 Å². The molecule has 166 valence electrons. The van der Waals surface area contributed by atoms with Crippen LogP contribution in [0.2, 0.25) is 0 Å². The van der Waals surface area contributed by atoms with Crippen LogP contribution in [0.1, 0.15) is 18.4 Å². The number of allylic oxidation sites excluding steroid dienone is 3. The van der Waals surface area contributed by atoms with Gasteiger partial charge >= 0.3 is 0 Å². The van der Waals surface area contributed by atoms with Crippen LogP contribution in [0.5, 0.6) is 0 Å². The highest BCUT2D eigenvalue weighted by atomic mass is 16.5. The molecule has 7 heteroatoms. The predicted octanol–water partition coefficient (Wildman–Crippen LogP) is 2.73. The van der Waals surface area contributed by atoms with E-state index in [0.717, 1.165) is 12.6 Å². The lowest BCUT2D eigenvalue weighted by Gasteiger charge is -2.26. The number of hydrogen-bond acceptors (Lipinski definition) is 7. The number of ketones is 1. The second kappa shape index (κ2) is 11.1. The molecule has 1 aromatic rings. The molecule has 0 radical (unpaired) electrons. The van der Waals surface area contributed by atoms with E-state index >= 15 is 0 Å². The standard InChI is InChI=1S/C25H29N5O2/c1-32-20-12-7-11-19(14-20)30-24(22(27)15-18-10-5-6-13-29-18)25(31)21(16-26)23(28)17-8-3-2-4-9-17/h2-11,13-14,16,18,20,24,27-30H,12,15,26H2,1H3/b21-16+,27-22?,28-23?. The van der Waals surface area contributed by atoms with Crippen molar-refractivity contribution in [2.75, 3.05) is 7.11 Å². The highest BCUT2D eigenvalue weighted by Gasteiger charge is 2.30. The highest BCUT2D eigenvalue weighted by Crippen LogP contribution is 2.17. The molecule has 3 unspecified atom stereocenters. The van der Waals surface area contributed by atoms with Crippen LogP contribution in [-0.2, 0) is 9.53 Å². The smallest absolute Gasteiger partial charge is 0.194 e. The van der Waals surface area contributed by atoms with Crippen molar-refractivity contribution in [2.45, 2.75) is 31.0 Å². The van der Waals surface area contributed by atoms with Crippen molar-refractivity contribution < 1.29 is 9.53 Å². The maximum atomic E-state index is 13.6. The van der Waals surface area contributed by atoms with E-state index < -0.39 is 11.8 Å². The molecule has 0 saturated heterocycles. The molecular formula is C25H29N5O2. The second-order valence-corrected chi connectivity index (χ2v) is 7.54. The third kappa shape index (κ3) is 5.70. The fraction of sp³-hybridized carbons (Fsp3) is 0.240. The van der Waals surface area contributed by atoms with Crippen LogP contribution in [0.4, 0.5) is 0 Å². The van der Waals surface area contributed by atoms with Gasteiger partial charge in [-0.2, -0.15) is 0 Å². The van der Waals surface area contributed by atoms with Crippen LogP contribution in [0, 0.1) is 10.8 Å². The van der Waals surface area contributed by atoms with Crippen molar-refractivity contribution >= 4 is 17.2 Å². The summed E-state index contributed by atoms with van der Waals surface area (Å²) in [6.45, 7) is 0. The van der Waals surface area contributed by atoms with Crippen LogP contribution in [0.3, 0.4) is 0 Å². The second-order valence-electron chi connectivity index (χ2n) is 7.54. The maximum Gasteiger partial charge on any atom is 0.194 e. The summed E-state index contributed by atoms with van der Waals surface area (Å²) in [5.41, 5.74) is 7.37. The molecule has 32 heavy (non-hydrogen) atoms. The molecule has 6 N–H and O–H groups in total. The first-order valence-corrected chi connectivity index (χ1v) is 10.5. The van der Waals surface area contributed by atoms with E-state index in [9.17, 15) is 4.79 Å². The Bertz CT molecular complexity index is 1000. The van der Waals surface area contributed by atoms with Gasteiger partial charge in [0.15, 0.2) is 5.78 Å². The van der Waals surface area contributed by atoms with Crippen LogP contribution >= 0.6 is 0 Å². The largest absolute Gasteiger partial charge is 0.404 e. The van der Waals surface area contributed by atoms with Gasteiger partial charge in [-0.15, -0.1) is 0 Å². The van der Waals surface area contributed by atoms with Gasteiger partial charge in [-0.25, -0.2) is 0 Å². The van der Waals surface area contributed by atoms with Gasteiger partial charge in [0.2, 0.25) is 0 Å². The van der Waals surface area contributed by atoms with Gasteiger partial charge in [0, 0.05) is 42.7 Å². The Kier molecular flexibility index (Phi) is 7.94. The normalized spacial score (nSPS) is 20.8. The maximum absolute atomic E-state index is 13.6. The topological polar surface area (TPSA) is 124 Å². The lowest BCUT2D eigenvalue weighted by Crippen LogP contribution is -2.46. The molecule has 0 saturated carbocycles. The molecule has 1 aliphatic heterocycles. The number of carbonyl (C=O) groups is 1. The number of methoxy groups -OCH3 is 1. The number of dihydropyridines is 1. The number of nitrogens with two attached hydrogens (primary N) is 1. The van der Waals surface area contributed by atoms with Crippen LogP contribution < -0.4 is 16.4 Å². The minimum absolute atomic E-state index is 0.0271. The molecule has 3 rings (SSSR count). The number of ether oxygens (including phenoxy) is 1. The molecule has 1 aliphatic carbocycles. The van der Waals surface area contributed by atoms with Gasteiger partial charge < -0.3 is 26.5 Å². The molecule has 0 spiro atoms.